The molecule has 0 fully saturated rings. The van der Waals surface area contributed by atoms with Crippen molar-refractivity contribution < 1.29 is 9.98 Å². The molecule has 0 aromatic heterocycles. The molecule has 100 valence electrons. The first-order chi connectivity index (χ1) is 8.99. The first-order valence-corrected chi connectivity index (χ1v) is 5.92. The highest BCUT2D eigenvalue weighted by atomic mass is 32.1. The van der Waals surface area contributed by atoms with Crippen LogP contribution in [0.15, 0.2) is 24.4 Å². The molecule has 6 nitrogen and oxygen atoms in total. The van der Waals surface area contributed by atoms with Gasteiger partial charge in [-0.05, 0) is 29.9 Å². The number of amidine groups is 1. The molecule has 1 rings (SSSR count). The Morgan fingerprint density at radius 2 is 2.00 bits per heavy atom. The van der Waals surface area contributed by atoms with Crippen molar-refractivity contribution in [2.24, 2.45) is 17.2 Å². The summed E-state index contributed by atoms with van der Waals surface area (Å²) >= 11 is 4.74. The number of rotatable bonds is 3. The number of thiocarbonyl (C=S) groups is 1. The van der Waals surface area contributed by atoms with Gasteiger partial charge in [-0.2, -0.15) is 0 Å². The van der Waals surface area contributed by atoms with Crippen LogP contribution in [-0.4, -0.2) is 24.2 Å². The molecule has 7 heteroatoms. The van der Waals surface area contributed by atoms with E-state index >= 15 is 0 Å². The highest BCUT2D eigenvalue weighted by Gasteiger charge is 2.11. The van der Waals surface area contributed by atoms with Crippen LogP contribution >= 0.6 is 12.2 Å². The van der Waals surface area contributed by atoms with Crippen molar-refractivity contribution in [1.82, 2.24) is 0 Å². The first kappa shape index (κ1) is 14.7. The molecule has 0 saturated carbocycles. The second-order valence-electron chi connectivity index (χ2n) is 3.76. The second kappa shape index (κ2) is 6.50. The number of nitrogens with two attached hydrogens (primary N) is 4. The summed E-state index contributed by atoms with van der Waals surface area (Å²) in [5.74, 6) is 0.299. The van der Waals surface area contributed by atoms with Crippen molar-refractivity contribution in [2.75, 3.05) is 12.8 Å². The van der Waals surface area contributed by atoms with Gasteiger partial charge in [0.05, 0.1) is 11.1 Å². The molecular weight excluding hydrogens is 260 g/mol. The van der Waals surface area contributed by atoms with Gasteiger partial charge in [-0.15, -0.1) is 0 Å². The second-order valence-corrected chi connectivity index (χ2v) is 4.20. The van der Waals surface area contributed by atoms with Crippen molar-refractivity contribution in [1.29, 1.82) is 0 Å². The van der Waals surface area contributed by atoms with Gasteiger partial charge in [-0.3, -0.25) is 4.99 Å². The SMILES string of the molecule is C[NH+]=C/C(=C\N)c1ccc(N)c(/C(N)=[NH+]/C(N)=S)c1. The third-order valence-corrected chi connectivity index (χ3v) is 2.52. The molecule has 0 spiro atoms. The Labute approximate surface area is 116 Å². The number of hydrogen-bond acceptors (Lipinski definition) is 3. The molecule has 0 bridgehead atoms. The van der Waals surface area contributed by atoms with Gasteiger partial charge in [0.1, 0.15) is 7.05 Å². The van der Waals surface area contributed by atoms with Crippen molar-refractivity contribution in [3.05, 3.63) is 35.5 Å². The van der Waals surface area contributed by atoms with Crippen LogP contribution in [0.3, 0.4) is 0 Å². The van der Waals surface area contributed by atoms with Crippen LogP contribution < -0.4 is 32.9 Å². The van der Waals surface area contributed by atoms with E-state index in [9.17, 15) is 0 Å². The van der Waals surface area contributed by atoms with E-state index < -0.39 is 0 Å². The fourth-order valence-electron chi connectivity index (χ4n) is 1.55. The predicted molar refractivity (Wildman–Crippen MR) is 82.0 cm³/mol. The van der Waals surface area contributed by atoms with Gasteiger partial charge in [0, 0.05) is 11.9 Å². The average molecular weight is 278 g/mol. The Bertz CT molecular complexity index is 574. The van der Waals surface area contributed by atoms with Crippen molar-refractivity contribution >= 4 is 40.6 Å². The molecule has 0 saturated heterocycles. The maximum Gasteiger partial charge on any atom is 0.285 e. The zero-order valence-corrected chi connectivity index (χ0v) is 11.4. The van der Waals surface area contributed by atoms with E-state index in [0.717, 1.165) is 11.1 Å². The van der Waals surface area contributed by atoms with Crippen LogP contribution in [0.5, 0.6) is 0 Å². The predicted octanol–water partition coefficient (Wildman–Crippen LogP) is -3.62. The number of hydrogen-bond donors (Lipinski definition) is 6. The third kappa shape index (κ3) is 3.78. The highest BCUT2D eigenvalue weighted by Crippen LogP contribution is 2.17. The molecule has 0 unspecified atom stereocenters. The minimum absolute atomic E-state index is 0.0821. The Balaban J connectivity index is 3.32. The number of allylic oxidation sites excluding steroid dienone is 1. The lowest BCUT2D eigenvalue weighted by atomic mass is 10.0. The standard InChI is InChI=1S/C12H16N6S/c1-17-6-8(5-13)7-2-3-10(14)9(4-7)11(15)18-12(16)19/h2-6H,13-14H2,1H3,(H4,15,16,18,19)/p+2/b8-5+,17-6?. The van der Waals surface area contributed by atoms with Gasteiger partial charge >= 0.3 is 0 Å². The number of nitrogens with one attached hydrogen (secondary N) is 2. The Morgan fingerprint density at radius 3 is 2.53 bits per heavy atom. The van der Waals surface area contributed by atoms with Gasteiger partial charge in [-0.25, -0.2) is 4.99 Å². The summed E-state index contributed by atoms with van der Waals surface area (Å²) in [5.41, 5.74) is 25.5. The summed E-state index contributed by atoms with van der Waals surface area (Å²) in [4.78, 5) is 5.58. The van der Waals surface area contributed by atoms with Crippen LogP contribution in [0.1, 0.15) is 11.1 Å². The third-order valence-electron chi connectivity index (χ3n) is 2.41. The van der Waals surface area contributed by atoms with Crippen LogP contribution in [0.2, 0.25) is 0 Å². The van der Waals surface area contributed by atoms with E-state index in [2.05, 4.69) is 9.98 Å². The maximum atomic E-state index is 5.88. The van der Waals surface area contributed by atoms with Gasteiger partial charge in [0.25, 0.3) is 5.11 Å². The molecule has 0 atom stereocenters. The van der Waals surface area contributed by atoms with E-state index in [1.165, 1.54) is 6.20 Å². The Morgan fingerprint density at radius 1 is 1.32 bits per heavy atom. The minimum atomic E-state index is 0.0821. The molecule has 19 heavy (non-hydrogen) atoms. The summed E-state index contributed by atoms with van der Waals surface area (Å²) in [5, 5.41) is 0.0821. The van der Waals surface area contributed by atoms with Gasteiger partial charge in [-0.1, -0.05) is 6.07 Å². The zero-order chi connectivity index (χ0) is 14.4. The van der Waals surface area contributed by atoms with Crippen LogP contribution in [0.4, 0.5) is 5.69 Å². The zero-order valence-electron chi connectivity index (χ0n) is 10.6. The van der Waals surface area contributed by atoms with Gasteiger partial charge in [0.2, 0.25) is 5.84 Å². The molecule has 0 radical (unpaired) electrons. The molecule has 0 aliphatic heterocycles. The number of benzene rings is 1. The molecular formula is C12H18N6S+2. The van der Waals surface area contributed by atoms with Crippen LogP contribution in [0, 0.1) is 0 Å². The summed E-state index contributed by atoms with van der Waals surface area (Å²) in [6.45, 7) is 0. The number of nitrogen functional groups attached to an aromatic ring is 2. The molecule has 0 aliphatic rings. The van der Waals surface area contributed by atoms with Gasteiger partial charge in [0.15, 0.2) is 6.21 Å². The van der Waals surface area contributed by atoms with E-state index in [4.69, 9.17) is 35.2 Å². The Hall–Kier alpha value is -2.41. The lowest BCUT2D eigenvalue weighted by Gasteiger charge is -2.06. The highest BCUT2D eigenvalue weighted by molar-refractivity contribution is 7.79. The van der Waals surface area contributed by atoms with E-state index in [1.54, 1.807) is 19.3 Å². The molecule has 0 aliphatic carbocycles. The maximum absolute atomic E-state index is 5.88. The van der Waals surface area contributed by atoms with Crippen molar-refractivity contribution in [3.8, 4) is 0 Å². The summed E-state index contributed by atoms with van der Waals surface area (Å²) in [7, 11) is 1.79. The van der Waals surface area contributed by atoms with Crippen LogP contribution in [-0.2, 0) is 0 Å². The van der Waals surface area contributed by atoms with E-state index in [1.807, 2.05) is 12.1 Å². The smallest absolute Gasteiger partial charge is 0.285 e. The summed E-state index contributed by atoms with van der Waals surface area (Å²) < 4.78 is 0. The first-order valence-electron chi connectivity index (χ1n) is 5.51. The van der Waals surface area contributed by atoms with Crippen molar-refractivity contribution in [2.45, 2.75) is 0 Å². The minimum Gasteiger partial charge on any atom is -0.404 e. The molecule has 10 N–H and O–H groups in total. The molecule has 0 heterocycles. The van der Waals surface area contributed by atoms with Crippen LogP contribution in [0.25, 0.3) is 5.57 Å². The Kier molecular flexibility index (Phi) is 5.01. The summed E-state index contributed by atoms with van der Waals surface area (Å²) in [6.07, 6.45) is 3.26. The molecule has 1 aromatic rings. The van der Waals surface area contributed by atoms with E-state index in [-0.39, 0.29) is 5.11 Å². The largest absolute Gasteiger partial charge is 0.404 e. The normalized spacial score (nSPS) is 12.9. The average Bonchev–Trinajstić information content (AvgIpc) is 2.36. The lowest BCUT2D eigenvalue weighted by molar-refractivity contribution is -0.412. The molecule has 0 amide bonds. The van der Waals surface area contributed by atoms with Gasteiger partial charge < -0.3 is 22.9 Å². The fraction of sp³-hybridized carbons (Fsp3) is 0.0833. The lowest BCUT2D eigenvalue weighted by Crippen LogP contribution is -2.81. The number of anilines is 1. The fourth-order valence-corrected chi connectivity index (χ4v) is 1.66. The van der Waals surface area contributed by atoms with E-state index in [0.29, 0.717) is 17.1 Å². The van der Waals surface area contributed by atoms with Crippen molar-refractivity contribution in [3.63, 3.8) is 0 Å². The summed E-state index contributed by atoms with van der Waals surface area (Å²) in [6, 6.07) is 5.40. The quantitative estimate of drug-likeness (QED) is 0.147. The monoisotopic (exact) mass is 278 g/mol. The topological polar surface area (TPSA) is 132 Å². The molecule has 1 aromatic carbocycles.